The summed E-state index contributed by atoms with van der Waals surface area (Å²) in [6, 6.07) is 12.9. The van der Waals surface area contributed by atoms with E-state index in [4.69, 9.17) is 9.47 Å². The van der Waals surface area contributed by atoms with Crippen LogP contribution in [0.5, 0.6) is 5.75 Å². The molecule has 0 aliphatic carbocycles. The molecule has 2 unspecified atom stereocenters. The Bertz CT molecular complexity index is 800. The van der Waals surface area contributed by atoms with Crippen molar-refractivity contribution >= 4 is 11.7 Å². The lowest BCUT2D eigenvalue weighted by Crippen LogP contribution is -2.38. The average Bonchev–Trinajstić information content (AvgIpc) is 2.63. The van der Waals surface area contributed by atoms with Crippen molar-refractivity contribution in [1.29, 1.82) is 0 Å². The van der Waals surface area contributed by atoms with Crippen LogP contribution in [0.2, 0.25) is 0 Å². The third-order valence-corrected chi connectivity index (χ3v) is 4.94. The largest absolute Gasteiger partial charge is 0.497 e. The topological polar surface area (TPSA) is 67.8 Å². The first-order chi connectivity index (χ1) is 11.9. The Hall–Kier alpha value is -2.53. The van der Waals surface area contributed by atoms with Gasteiger partial charge in [0, 0.05) is 16.7 Å². The van der Waals surface area contributed by atoms with Gasteiger partial charge in [0.1, 0.15) is 5.75 Å². The Balaban J connectivity index is 2.04. The summed E-state index contributed by atoms with van der Waals surface area (Å²) in [5.74, 6) is 0.360. The SMILES string of the molecule is COC(=O)c1ccc2c(c1)C(O)C(C)(C)C(c1cccc(OC)c1)N2. The second kappa shape index (κ2) is 6.41. The first-order valence-corrected chi connectivity index (χ1v) is 8.19. The van der Waals surface area contributed by atoms with Crippen LogP contribution in [0, 0.1) is 5.41 Å². The summed E-state index contributed by atoms with van der Waals surface area (Å²) in [7, 11) is 2.98. The van der Waals surface area contributed by atoms with Crippen LogP contribution in [0.4, 0.5) is 5.69 Å². The van der Waals surface area contributed by atoms with Gasteiger partial charge in [0.2, 0.25) is 0 Å². The first kappa shape index (κ1) is 17.3. The molecule has 5 nitrogen and oxygen atoms in total. The highest BCUT2D eigenvalue weighted by molar-refractivity contribution is 5.90. The number of carbonyl (C=O) groups is 1. The fourth-order valence-corrected chi connectivity index (χ4v) is 3.40. The molecule has 25 heavy (non-hydrogen) atoms. The van der Waals surface area contributed by atoms with Crippen LogP contribution in [0.25, 0.3) is 0 Å². The van der Waals surface area contributed by atoms with Crippen molar-refractivity contribution in [2.24, 2.45) is 5.41 Å². The summed E-state index contributed by atoms with van der Waals surface area (Å²) in [5.41, 5.74) is 2.48. The van der Waals surface area contributed by atoms with Crippen LogP contribution in [0.3, 0.4) is 0 Å². The summed E-state index contributed by atoms with van der Waals surface area (Å²) in [4.78, 5) is 11.8. The maximum absolute atomic E-state index is 11.8. The van der Waals surface area contributed by atoms with Crippen LogP contribution in [0.1, 0.15) is 47.5 Å². The highest BCUT2D eigenvalue weighted by Crippen LogP contribution is 2.51. The smallest absolute Gasteiger partial charge is 0.337 e. The molecule has 0 amide bonds. The number of esters is 1. The fourth-order valence-electron chi connectivity index (χ4n) is 3.40. The van der Waals surface area contributed by atoms with Crippen LogP contribution in [0.15, 0.2) is 42.5 Å². The molecule has 1 aliphatic heterocycles. The number of hydrogen-bond acceptors (Lipinski definition) is 5. The Morgan fingerprint density at radius 3 is 2.60 bits per heavy atom. The second-order valence-electron chi connectivity index (χ2n) is 6.87. The lowest BCUT2D eigenvalue weighted by atomic mass is 9.70. The van der Waals surface area contributed by atoms with Gasteiger partial charge in [0.05, 0.1) is 31.9 Å². The molecule has 0 saturated heterocycles. The van der Waals surface area contributed by atoms with Gasteiger partial charge >= 0.3 is 5.97 Å². The molecule has 5 heteroatoms. The van der Waals surface area contributed by atoms with Crippen LogP contribution in [-0.4, -0.2) is 25.3 Å². The van der Waals surface area contributed by atoms with Crippen molar-refractivity contribution in [2.75, 3.05) is 19.5 Å². The van der Waals surface area contributed by atoms with Crippen LogP contribution in [-0.2, 0) is 4.74 Å². The normalized spacial score (nSPS) is 21.0. The van der Waals surface area contributed by atoms with E-state index in [1.54, 1.807) is 19.2 Å². The molecule has 0 saturated carbocycles. The molecule has 132 valence electrons. The molecule has 1 heterocycles. The number of methoxy groups -OCH3 is 2. The van der Waals surface area contributed by atoms with E-state index < -0.39 is 17.5 Å². The number of aliphatic hydroxyl groups is 1. The molecule has 2 atom stereocenters. The number of rotatable bonds is 3. The predicted molar refractivity (Wildman–Crippen MR) is 95.9 cm³/mol. The average molecular weight is 341 g/mol. The van der Waals surface area contributed by atoms with E-state index in [9.17, 15) is 9.90 Å². The molecule has 2 aromatic rings. The lowest BCUT2D eigenvalue weighted by Gasteiger charge is -2.45. The number of ether oxygens (including phenoxy) is 2. The zero-order chi connectivity index (χ0) is 18.2. The molecule has 0 bridgehead atoms. The van der Waals surface area contributed by atoms with Crippen molar-refractivity contribution < 1.29 is 19.4 Å². The minimum atomic E-state index is -0.732. The van der Waals surface area contributed by atoms with Crippen LogP contribution >= 0.6 is 0 Å². The molecule has 0 radical (unpaired) electrons. The summed E-state index contributed by atoms with van der Waals surface area (Å²) in [6.07, 6.45) is -0.732. The summed E-state index contributed by atoms with van der Waals surface area (Å²) in [6.45, 7) is 4.01. The van der Waals surface area contributed by atoms with Crippen molar-refractivity contribution in [3.8, 4) is 5.75 Å². The predicted octanol–water partition coefficient (Wildman–Crippen LogP) is 3.71. The Morgan fingerprint density at radius 2 is 1.92 bits per heavy atom. The van der Waals surface area contributed by atoms with Gasteiger partial charge in [-0.1, -0.05) is 26.0 Å². The van der Waals surface area contributed by atoms with Gasteiger partial charge in [-0.25, -0.2) is 4.79 Å². The maximum atomic E-state index is 11.8. The van der Waals surface area contributed by atoms with E-state index in [0.29, 0.717) is 11.1 Å². The number of hydrogen-bond donors (Lipinski definition) is 2. The van der Waals surface area contributed by atoms with Gasteiger partial charge < -0.3 is 19.9 Å². The summed E-state index contributed by atoms with van der Waals surface area (Å²) < 4.78 is 10.1. The molecular formula is C20H23NO4. The van der Waals surface area contributed by atoms with Crippen molar-refractivity contribution in [1.82, 2.24) is 0 Å². The van der Waals surface area contributed by atoms with E-state index in [2.05, 4.69) is 5.32 Å². The minimum absolute atomic E-state index is 0.103. The first-order valence-electron chi connectivity index (χ1n) is 8.19. The van der Waals surface area contributed by atoms with Crippen LogP contribution < -0.4 is 10.1 Å². The number of carbonyl (C=O) groups excluding carboxylic acids is 1. The quantitative estimate of drug-likeness (QED) is 0.833. The summed E-state index contributed by atoms with van der Waals surface area (Å²) >= 11 is 0. The van der Waals surface area contributed by atoms with Gasteiger partial charge in [0.15, 0.2) is 0 Å². The Labute approximate surface area is 147 Å². The minimum Gasteiger partial charge on any atom is -0.497 e. The van der Waals surface area contributed by atoms with Crippen molar-refractivity contribution in [3.63, 3.8) is 0 Å². The van der Waals surface area contributed by atoms with E-state index in [0.717, 1.165) is 17.0 Å². The fraction of sp³-hybridized carbons (Fsp3) is 0.350. The molecule has 0 spiro atoms. The molecule has 0 aromatic heterocycles. The van der Waals surface area contributed by atoms with E-state index in [1.165, 1.54) is 7.11 Å². The highest BCUT2D eigenvalue weighted by Gasteiger charge is 2.43. The van der Waals surface area contributed by atoms with Crippen molar-refractivity contribution in [3.05, 3.63) is 59.2 Å². The van der Waals surface area contributed by atoms with Crippen molar-refractivity contribution in [2.45, 2.75) is 26.0 Å². The van der Waals surface area contributed by atoms with Gasteiger partial charge in [-0.3, -0.25) is 0 Å². The molecule has 1 aliphatic rings. The standard InChI is InChI=1S/C20H23NO4/c1-20(2)17(12-6-5-7-14(10-12)24-3)21-16-9-8-13(19(23)25-4)11-15(16)18(20)22/h5-11,17-18,21-22H,1-4H3. The number of nitrogens with one attached hydrogen (secondary N) is 1. The number of fused-ring (bicyclic) bond motifs is 1. The zero-order valence-corrected chi connectivity index (χ0v) is 14.9. The van der Waals surface area contributed by atoms with Gasteiger partial charge in [-0.15, -0.1) is 0 Å². The second-order valence-corrected chi connectivity index (χ2v) is 6.87. The van der Waals surface area contributed by atoms with E-state index in [-0.39, 0.29) is 6.04 Å². The highest BCUT2D eigenvalue weighted by atomic mass is 16.5. The molecule has 0 fully saturated rings. The Kier molecular flexibility index (Phi) is 4.43. The monoisotopic (exact) mass is 341 g/mol. The number of anilines is 1. The zero-order valence-electron chi connectivity index (χ0n) is 14.9. The van der Waals surface area contributed by atoms with Gasteiger partial charge in [0.25, 0.3) is 0 Å². The van der Waals surface area contributed by atoms with Gasteiger partial charge in [-0.2, -0.15) is 0 Å². The molecule has 3 rings (SSSR count). The summed E-state index contributed by atoms with van der Waals surface area (Å²) in [5, 5.41) is 14.5. The molecule has 2 N–H and O–H groups in total. The van der Waals surface area contributed by atoms with E-state index in [1.807, 2.05) is 44.2 Å². The number of benzene rings is 2. The van der Waals surface area contributed by atoms with E-state index >= 15 is 0 Å². The van der Waals surface area contributed by atoms with Gasteiger partial charge in [-0.05, 0) is 35.9 Å². The third-order valence-electron chi connectivity index (χ3n) is 4.94. The number of aliphatic hydroxyl groups excluding tert-OH is 1. The molecular weight excluding hydrogens is 318 g/mol. The maximum Gasteiger partial charge on any atom is 0.337 e. The molecule has 2 aromatic carbocycles. The Morgan fingerprint density at radius 1 is 1.16 bits per heavy atom. The third kappa shape index (κ3) is 2.96. The lowest BCUT2D eigenvalue weighted by molar-refractivity contribution is 0.0287.